The second-order valence-corrected chi connectivity index (χ2v) is 7.70. The van der Waals surface area contributed by atoms with Gasteiger partial charge in [-0.25, -0.2) is 9.37 Å². The lowest BCUT2D eigenvalue weighted by molar-refractivity contribution is 0.578. The number of thiazole rings is 1. The first-order chi connectivity index (χ1) is 13.4. The van der Waals surface area contributed by atoms with Crippen LogP contribution < -0.4 is 10.9 Å². The normalized spacial score (nSPS) is 11.1. The minimum atomic E-state index is -0.946. The van der Waals surface area contributed by atoms with E-state index in [1.807, 2.05) is 26.0 Å². The Labute approximate surface area is 163 Å². The summed E-state index contributed by atoms with van der Waals surface area (Å²) in [6.45, 7) is 4.09. The number of halogens is 2. The Morgan fingerprint density at radius 1 is 1.11 bits per heavy atom. The van der Waals surface area contributed by atoms with Crippen molar-refractivity contribution in [1.82, 2.24) is 14.5 Å². The molecule has 142 valence electrons. The maximum atomic E-state index is 13.9. The summed E-state index contributed by atoms with van der Waals surface area (Å²) in [4.78, 5) is 20.1. The molecule has 2 aromatic carbocycles. The van der Waals surface area contributed by atoms with E-state index < -0.39 is 11.4 Å². The number of nitrogens with one attached hydrogen (secondary N) is 1. The van der Waals surface area contributed by atoms with E-state index in [0.29, 0.717) is 0 Å². The molecule has 5 nitrogen and oxygen atoms in total. The number of rotatable bonds is 4. The van der Waals surface area contributed by atoms with Crippen LogP contribution in [0.15, 0.2) is 47.4 Å². The fourth-order valence-electron chi connectivity index (χ4n) is 2.92. The first-order valence-electron chi connectivity index (χ1n) is 8.55. The van der Waals surface area contributed by atoms with Crippen molar-refractivity contribution in [1.29, 1.82) is 0 Å². The van der Waals surface area contributed by atoms with Crippen molar-refractivity contribution in [2.24, 2.45) is 0 Å². The molecule has 0 bridgehead atoms. The second-order valence-electron chi connectivity index (χ2n) is 6.46. The third-order valence-corrected chi connectivity index (χ3v) is 5.24. The Morgan fingerprint density at radius 3 is 2.61 bits per heavy atom. The molecule has 0 amide bonds. The first-order valence-corrected chi connectivity index (χ1v) is 9.37. The quantitative estimate of drug-likeness (QED) is 0.548. The van der Waals surface area contributed by atoms with Crippen molar-refractivity contribution in [3.8, 4) is 0 Å². The molecular weight excluding hydrogens is 382 g/mol. The number of fused-ring (bicyclic) bond motifs is 1. The zero-order chi connectivity index (χ0) is 19.8. The van der Waals surface area contributed by atoms with Crippen LogP contribution >= 0.6 is 11.3 Å². The molecule has 0 aliphatic carbocycles. The fourth-order valence-corrected chi connectivity index (χ4v) is 3.77. The minimum absolute atomic E-state index is 0.208. The molecule has 8 heteroatoms. The van der Waals surface area contributed by atoms with Crippen LogP contribution in [0.2, 0.25) is 0 Å². The van der Waals surface area contributed by atoms with Crippen LogP contribution in [0.4, 0.5) is 20.4 Å². The largest absolute Gasteiger partial charge is 0.325 e. The molecule has 28 heavy (non-hydrogen) atoms. The summed E-state index contributed by atoms with van der Waals surface area (Å²) < 4.78 is 29.5. The molecule has 4 rings (SSSR count). The average molecular weight is 398 g/mol. The van der Waals surface area contributed by atoms with Gasteiger partial charge in [0.2, 0.25) is 11.8 Å². The highest BCUT2D eigenvalue weighted by atomic mass is 32.1. The Bertz CT molecular complexity index is 1230. The highest BCUT2D eigenvalue weighted by molar-refractivity contribution is 7.18. The van der Waals surface area contributed by atoms with Crippen molar-refractivity contribution in [3.05, 3.63) is 80.7 Å². The summed E-state index contributed by atoms with van der Waals surface area (Å²) in [6.07, 6.45) is 1.10. The highest BCUT2D eigenvalue weighted by Crippen LogP contribution is 2.29. The van der Waals surface area contributed by atoms with Crippen LogP contribution in [-0.4, -0.2) is 14.5 Å². The molecule has 0 unspecified atom stereocenters. The third-order valence-electron chi connectivity index (χ3n) is 4.31. The van der Waals surface area contributed by atoms with Crippen LogP contribution in [0.5, 0.6) is 0 Å². The van der Waals surface area contributed by atoms with Gasteiger partial charge < -0.3 is 9.88 Å². The van der Waals surface area contributed by atoms with Gasteiger partial charge in [0.15, 0.2) is 0 Å². The van der Waals surface area contributed by atoms with Crippen molar-refractivity contribution in [2.75, 3.05) is 5.32 Å². The molecule has 0 spiro atoms. The number of hydrogen-bond donors (Lipinski definition) is 1. The van der Waals surface area contributed by atoms with Crippen LogP contribution in [0.3, 0.4) is 0 Å². The zero-order valence-electron chi connectivity index (χ0n) is 15.2. The zero-order valence-corrected chi connectivity index (χ0v) is 16.0. The maximum absolute atomic E-state index is 13.9. The summed E-state index contributed by atoms with van der Waals surface area (Å²) in [6, 6.07) is 9.76. The topological polar surface area (TPSA) is 59.8 Å². The van der Waals surface area contributed by atoms with Crippen LogP contribution in [0.1, 0.15) is 16.1 Å². The monoisotopic (exact) mass is 398 g/mol. The molecule has 0 aliphatic rings. The van der Waals surface area contributed by atoms with Crippen molar-refractivity contribution in [3.63, 3.8) is 0 Å². The Kier molecular flexibility index (Phi) is 4.64. The van der Waals surface area contributed by atoms with E-state index in [9.17, 15) is 13.6 Å². The number of nitrogens with zero attached hydrogens (tertiary/aromatic N) is 3. The van der Waals surface area contributed by atoms with E-state index in [2.05, 4.69) is 15.3 Å². The minimum Gasteiger partial charge on any atom is -0.325 e. The molecule has 2 aromatic heterocycles. The van der Waals surface area contributed by atoms with E-state index in [1.54, 1.807) is 23.5 Å². The second kappa shape index (κ2) is 7.12. The van der Waals surface area contributed by atoms with Gasteiger partial charge in [-0.3, -0.25) is 4.79 Å². The number of aryl methyl sites for hydroxylation is 2. The lowest BCUT2D eigenvalue weighted by Gasteiger charge is -2.15. The summed E-state index contributed by atoms with van der Waals surface area (Å²) in [7, 11) is 0. The SMILES string of the molecule is Cc1nc2cc(C)c(Nc3nc(=O)c(F)cn3Cc3ccc(F)cc3)cc2s1. The van der Waals surface area contributed by atoms with Crippen LogP contribution in [0.25, 0.3) is 10.2 Å². The smallest absolute Gasteiger partial charge is 0.310 e. The molecule has 0 saturated carbocycles. The fraction of sp³-hybridized carbons (Fsp3) is 0.150. The Morgan fingerprint density at radius 2 is 1.86 bits per heavy atom. The van der Waals surface area contributed by atoms with E-state index in [-0.39, 0.29) is 18.3 Å². The van der Waals surface area contributed by atoms with Gasteiger partial charge in [-0.15, -0.1) is 11.3 Å². The molecule has 0 fully saturated rings. The van der Waals surface area contributed by atoms with Crippen LogP contribution in [0, 0.1) is 25.5 Å². The first kappa shape index (κ1) is 18.2. The van der Waals surface area contributed by atoms with Gasteiger partial charge in [-0.05, 0) is 49.2 Å². The summed E-state index contributed by atoms with van der Waals surface area (Å²) >= 11 is 1.56. The Balaban J connectivity index is 1.74. The molecule has 0 aliphatic heterocycles. The van der Waals surface area contributed by atoms with E-state index in [4.69, 9.17) is 0 Å². The van der Waals surface area contributed by atoms with Crippen molar-refractivity contribution >= 4 is 33.2 Å². The van der Waals surface area contributed by atoms with Crippen LogP contribution in [-0.2, 0) is 6.54 Å². The predicted octanol–water partition coefficient (Wildman–Crippen LogP) is 4.54. The third kappa shape index (κ3) is 3.63. The van der Waals surface area contributed by atoms with Gasteiger partial charge in [0.25, 0.3) is 0 Å². The van der Waals surface area contributed by atoms with Gasteiger partial charge >= 0.3 is 5.56 Å². The molecule has 4 aromatic rings. The lowest BCUT2D eigenvalue weighted by atomic mass is 10.2. The molecular formula is C20H16F2N4OS. The molecule has 2 heterocycles. The highest BCUT2D eigenvalue weighted by Gasteiger charge is 2.12. The Hall–Kier alpha value is -3.13. The van der Waals surface area contributed by atoms with Crippen molar-refractivity contribution < 1.29 is 8.78 Å². The number of aromatic nitrogens is 3. The molecule has 0 saturated heterocycles. The lowest BCUT2D eigenvalue weighted by Crippen LogP contribution is -2.20. The summed E-state index contributed by atoms with van der Waals surface area (Å²) in [5, 5.41) is 4.09. The van der Waals surface area contributed by atoms with Gasteiger partial charge in [0.1, 0.15) is 5.82 Å². The van der Waals surface area contributed by atoms with E-state index in [1.165, 1.54) is 16.7 Å². The predicted molar refractivity (Wildman–Crippen MR) is 106 cm³/mol. The summed E-state index contributed by atoms with van der Waals surface area (Å²) in [5.41, 5.74) is 2.39. The van der Waals surface area contributed by atoms with E-state index in [0.717, 1.165) is 38.2 Å². The molecule has 1 N–H and O–H groups in total. The summed E-state index contributed by atoms with van der Waals surface area (Å²) in [5.74, 6) is -1.09. The van der Waals surface area contributed by atoms with Crippen molar-refractivity contribution in [2.45, 2.75) is 20.4 Å². The number of hydrogen-bond acceptors (Lipinski definition) is 5. The number of anilines is 2. The average Bonchev–Trinajstić information content (AvgIpc) is 3.00. The van der Waals surface area contributed by atoms with Gasteiger partial charge in [-0.2, -0.15) is 9.37 Å². The van der Waals surface area contributed by atoms with E-state index >= 15 is 0 Å². The van der Waals surface area contributed by atoms with Gasteiger partial charge in [0, 0.05) is 11.9 Å². The maximum Gasteiger partial charge on any atom is 0.310 e. The van der Waals surface area contributed by atoms with Gasteiger partial charge in [0.05, 0.1) is 21.8 Å². The van der Waals surface area contributed by atoms with Gasteiger partial charge in [-0.1, -0.05) is 12.1 Å². The molecule has 0 radical (unpaired) electrons. The number of benzene rings is 2. The molecule has 0 atom stereocenters. The standard InChI is InChI=1S/C20H16F2N4OS/c1-11-7-17-18(28-12(2)23-17)8-16(11)24-20-25-19(27)15(22)10-26(20)9-13-3-5-14(21)6-4-13/h3-8,10H,9H2,1-2H3,(H,24,25,27).